The molecule has 1 aromatic heterocycles. The highest BCUT2D eigenvalue weighted by atomic mass is 127. The molecule has 0 aliphatic heterocycles. The Kier molecular flexibility index (Phi) is 9.62. The molecule has 0 amide bonds. The van der Waals surface area contributed by atoms with Gasteiger partial charge < -0.3 is 15.4 Å². The Morgan fingerprint density at radius 1 is 1.25 bits per heavy atom. The predicted octanol–water partition coefficient (Wildman–Crippen LogP) is 4.22. The lowest BCUT2D eigenvalue weighted by Crippen LogP contribution is -2.36. The summed E-state index contributed by atoms with van der Waals surface area (Å²) in [4.78, 5) is 4.49. The van der Waals surface area contributed by atoms with Crippen LogP contribution in [0.15, 0.2) is 46.1 Å². The number of hydrogen-bond donors (Lipinski definition) is 2. The van der Waals surface area contributed by atoms with Crippen molar-refractivity contribution in [3.63, 3.8) is 0 Å². The van der Waals surface area contributed by atoms with Crippen LogP contribution < -0.4 is 15.4 Å². The summed E-state index contributed by atoms with van der Waals surface area (Å²) in [5, 5.41) is 10.4. The highest BCUT2D eigenvalue weighted by molar-refractivity contribution is 14.0. The van der Waals surface area contributed by atoms with Crippen LogP contribution in [0, 0.1) is 0 Å². The molecule has 0 bridgehead atoms. The quantitative estimate of drug-likeness (QED) is 0.364. The van der Waals surface area contributed by atoms with E-state index in [0.717, 1.165) is 17.7 Å². The van der Waals surface area contributed by atoms with Crippen LogP contribution in [-0.4, -0.2) is 19.1 Å². The van der Waals surface area contributed by atoms with Crippen molar-refractivity contribution in [3.8, 4) is 5.75 Å². The van der Waals surface area contributed by atoms with Crippen molar-refractivity contribution >= 4 is 41.3 Å². The Morgan fingerprint density at radius 2 is 2.08 bits per heavy atom. The number of halogens is 3. The molecule has 0 aliphatic carbocycles. The molecule has 2 rings (SSSR count). The van der Waals surface area contributed by atoms with Crippen molar-refractivity contribution in [2.45, 2.75) is 26.6 Å². The van der Waals surface area contributed by atoms with Crippen molar-refractivity contribution in [1.82, 2.24) is 10.6 Å². The molecule has 132 valence electrons. The average molecular weight is 467 g/mol. The molecule has 0 unspecified atom stereocenters. The Morgan fingerprint density at radius 3 is 2.75 bits per heavy atom. The van der Waals surface area contributed by atoms with E-state index in [1.165, 1.54) is 6.07 Å². The van der Waals surface area contributed by atoms with Crippen molar-refractivity contribution < 1.29 is 13.5 Å². The van der Waals surface area contributed by atoms with Gasteiger partial charge in [0.15, 0.2) is 5.96 Å². The predicted molar refractivity (Wildman–Crippen MR) is 104 cm³/mol. The minimum absolute atomic E-state index is 0. The third-order valence-corrected chi connectivity index (χ3v) is 3.66. The van der Waals surface area contributed by atoms with Crippen molar-refractivity contribution in [2.75, 3.05) is 6.54 Å². The molecular weight excluding hydrogens is 447 g/mol. The van der Waals surface area contributed by atoms with Gasteiger partial charge in [-0.2, -0.15) is 20.1 Å². The van der Waals surface area contributed by atoms with E-state index < -0.39 is 6.61 Å². The second kappa shape index (κ2) is 11.2. The first kappa shape index (κ1) is 20.6. The van der Waals surface area contributed by atoms with Gasteiger partial charge in [0.25, 0.3) is 0 Å². The van der Waals surface area contributed by atoms with Gasteiger partial charge in [0.1, 0.15) is 5.75 Å². The first-order valence-corrected chi connectivity index (χ1v) is 8.18. The van der Waals surface area contributed by atoms with E-state index in [9.17, 15) is 8.78 Å². The molecule has 0 saturated heterocycles. The number of alkyl halides is 2. The Bertz CT molecular complexity index is 624. The third kappa shape index (κ3) is 7.43. The lowest BCUT2D eigenvalue weighted by Gasteiger charge is -2.12. The largest absolute Gasteiger partial charge is 0.435 e. The highest BCUT2D eigenvalue weighted by Gasteiger charge is 2.05. The van der Waals surface area contributed by atoms with Gasteiger partial charge in [-0.05, 0) is 47.0 Å². The van der Waals surface area contributed by atoms with Gasteiger partial charge in [-0.3, -0.25) is 0 Å². The first-order chi connectivity index (χ1) is 11.2. The molecule has 24 heavy (non-hydrogen) atoms. The van der Waals surface area contributed by atoms with Gasteiger partial charge in [0, 0.05) is 13.1 Å². The van der Waals surface area contributed by atoms with E-state index >= 15 is 0 Å². The van der Waals surface area contributed by atoms with Gasteiger partial charge in [0.05, 0.1) is 6.54 Å². The first-order valence-electron chi connectivity index (χ1n) is 7.24. The normalized spacial score (nSPS) is 11.1. The second-order valence-electron chi connectivity index (χ2n) is 4.71. The summed E-state index contributed by atoms with van der Waals surface area (Å²) in [6, 6.07) is 8.65. The summed E-state index contributed by atoms with van der Waals surface area (Å²) in [6.45, 7) is 0.967. The second-order valence-corrected chi connectivity index (χ2v) is 5.49. The Balaban J connectivity index is 0.00000288. The SMILES string of the molecule is CCNC(=NCc1ccsc1)NCc1cccc(OC(F)F)c1.I. The molecule has 0 saturated carbocycles. The van der Waals surface area contributed by atoms with Gasteiger partial charge in [-0.15, -0.1) is 24.0 Å². The van der Waals surface area contributed by atoms with Crippen LogP contribution in [0.3, 0.4) is 0 Å². The Hall–Kier alpha value is -1.42. The summed E-state index contributed by atoms with van der Waals surface area (Å²) in [5.74, 6) is 0.832. The third-order valence-electron chi connectivity index (χ3n) is 2.93. The molecule has 4 nitrogen and oxygen atoms in total. The molecule has 2 aromatic rings. The topological polar surface area (TPSA) is 45.7 Å². The van der Waals surface area contributed by atoms with Gasteiger partial charge >= 0.3 is 6.61 Å². The number of thiophene rings is 1. The van der Waals surface area contributed by atoms with Crippen LogP contribution >= 0.6 is 35.3 Å². The standard InChI is InChI=1S/C16H19F2N3OS.HI/c1-2-19-16(21-10-13-6-7-23-11-13)20-9-12-4-3-5-14(8-12)22-15(17)18;/h3-8,11,15H,2,9-10H2,1H3,(H2,19,20,21);1H. The molecule has 0 spiro atoms. The number of nitrogens with zero attached hydrogens (tertiary/aromatic N) is 1. The van der Waals surface area contributed by atoms with E-state index in [4.69, 9.17) is 0 Å². The molecule has 0 aliphatic rings. The number of hydrogen-bond acceptors (Lipinski definition) is 3. The zero-order valence-electron chi connectivity index (χ0n) is 13.2. The highest BCUT2D eigenvalue weighted by Crippen LogP contribution is 2.15. The molecule has 1 heterocycles. The maximum Gasteiger partial charge on any atom is 0.387 e. The summed E-state index contributed by atoms with van der Waals surface area (Å²) in [6.07, 6.45) is 0. The lowest BCUT2D eigenvalue weighted by atomic mass is 10.2. The summed E-state index contributed by atoms with van der Waals surface area (Å²) in [7, 11) is 0. The van der Waals surface area contributed by atoms with Crippen LogP contribution in [0.5, 0.6) is 5.75 Å². The molecule has 0 radical (unpaired) electrons. The van der Waals surface area contributed by atoms with Crippen LogP contribution in [0.4, 0.5) is 8.78 Å². The van der Waals surface area contributed by atoms with Crippen molar-refractivity contribution in [2.24, 2.45) is 4.99 Å². The van der Waals surface area contributed by atoms with Gasteiger partial charge in [0.2, 0.25) is 0 Å². The fourth-order valence-electron chi connectivity index (χ4n) is 1.91. The smallest absolute Gasteiger partial charge is 0.387 e. The summed E-state index contributed by atoms with van der Waals surface area (Å²) >= 11 is 1.64. The van der Waals surface area contributed by atoms with E-state index in [1.807, 2.05) is 24.4 Å². The van der Waals surface area contributed by atoms with Gasteiger partial charge in [-0.25, -0.2) is 4.99 Å². The van der Waals surface area contributed by atoms with Crippen molar-refractivity contribution in [1.29, 1.82) is 0 Å². The Labute approximate surface area is 161 Å². The number of ether oxygens (including phenoxy) is 1. The lowest BCUT2D eigenvalue weighted by molar-refractivity contribution is -0.0498. The molecule has 2 N–H and O–H groups in total. The summed E-state index contributed by atoms with van der Waals surface area (Å²) < 4.78 is 28.9. The fourth-order valence-corrected chi connectivity index (χ4v) is 2.57. The monoisotopic (exact) mass is 467 g/mol. The summed E-state index contributed by atoms with van der Waals surface area (Å²) in [5.41, 5.74) is 1.99. The minimum Gasteiger partial charge on any atom is -0.435 e. The number of rotatable bonds is 7. The van der Waals surface area contributed by atoms with E-state index in [1.54, 1.807) is 23.5 Å². The van der Waals surface area contributed by atoms with E-state index in [0.29, 0.717) is 19.0 Å². The maximum atomic E-state index is 12.2. The average Bonchev–Trinajstić information content (AvgIpc) is 3.03. The fraction of sp³-hybridized carbons (Fsp3) is 0.312. The van der Waals surface area contributed by atoms with Gasteiger partial charge in [-0.1, -0.05) is 12.1 Å². The number of guanidine groups is 1. The van der Waals surface area contributed by atoms with E-state index in [2.05, 4.69) is 25.7 Å². The zero-order chi connectivity index (χ0) is 16.5. The van der Waals surface area contributed by atoms with Crippen molar-refractivity contribution in [3.05, 3.63) is 52.2 Å². The molecule has 0 fully saturated rings. The zero-order valence-corrected chi connectivity index (χ0v) is 16.3. The van der Waals surface area contributed by atoms with Crippen LogP contribution in [-0.2, 0) is 13.1 Å². The van der Waals surface area contributed by atoms with E-state index in [-0.39, 0.29) is 29.7 Å². The van der Waals surface area contributed by atoms with Crippen LogP contribution in [0.25, 0.3) is 0 Å². The maximum absolute atomic E-state index is 12.2. The number of nitrogens with one attached hydrogen (secondary N) is 2. The van der Waals surface area contributed by atoms with Crippen LogP contribution in [0.2, 0.25) is 0 Å². The molecule has 0 atom stereocenters. The minimum atomic E-state index is -2.82. The van der Waals surface area contributed by atoms with Crippen LogP contribution in [0.1, 0.15) is 18.1 Å². The molecule has 8 heteroatoms. The number of benzene rings is 1. The molecule has 1 aromatic carbocycles. The number of aliphatic imine (C=N–C) groups is 1. The molecular formula is C16H20F2IN3OS.